The Hall–Kier alpha value is -2.17. The number of fused-ring (bicyclic) bond motifs is 2. The molecule has 0 aromatic heterocycles. The molecule has 2 bridgehead atoms. The van der Waals surface area contributed by atoms with Crippen LogP contribution in [0, 0.1) is 17.8 Å². The Bertz CT molecular complexity index is 857. The van der Waals surface area contributed by atoms with Crippen LogP contribution in [-0.4, -0.2) is 55.5 Å². The van der Waals surface area contributed by atoms with Gasteiger partial charge < -0.3 is 24.1 Å². The highest BCUT2D eigenvalue weighted by molar-refractivity contribution is 5.88. The summed E-state index contributed by atoms with van der Waals surface area (Å²) in [7, 11) is 1.59. The van der Waals surface area contributed by atoms with Gasteiger partial charge in [0.1, 0.15) is 19.0 Å². The molecule has 3 aliphatic rings. The largest absolute Gasteiger partial charge is 0.449 e. The van der Waals surface area contributed by atoms with Crippen LogP contribution in [0.25, 0.3) is 0 Å². The topological polar surface area (TPSA) is 74.2 Å². The number of ether oxygens (including phenoxy) is 4. The Labute approximate surface area is 222 Å². The van der Waals surface area contributed by atoms with Crippen LogP contribution in [0.4, 0.5) is 0 Å². The highest BCUT2D eigenvalue weighted by Crippen LogP contribution is 2.25. The van der Waals surface area contributed by atoms with E-state index in [9.17, 15) is 9.90 Å². The van der Waals surface area contributed by atoms with E-state index >= 15 is 0 Å². The van der Waals surface area contributed by atoms with E-state index in [1.165, 1.54) is 19.3 Å². The van der Waals surface area contributed by atoms with Crippen molar-refractivity contribution in [3.63, 3.8) is 0 Å². The molecular weight excluding hydrogens is 468 g/mol. The first-order valence-electron chi connectivity index (χ1n) is 13.8. The number of carbonyl (C=O) groups excluding carboxylic acids is 1. The minimum atomic E-state index is -0.915. The van der Waals surface area contributed by atoms with Gasteiger partial charge in [-0.25, -0.2) is 4.79 Å². The highest BCUT2D eigenvalue weighted by atomic mass is 16.7. The number of cyclic esters (lactones) is 1. The Morgan fingerprint density at radius 3 is 2.78 bits per heavy atom. The fourth-order valence-electron chi connectivity index (χ4n) is 5.07. The summed E-state index contributed by atoms with van der Waals surface area (Å²) >= 11 is 0. The summed E-state index contributed by atoms with van der Waals surface area (Å²) in [5, 5.41) is 10.9. The lowest BCUT2D eigenvalue weighted by atomic mass is 9.88. The number of methoxy groups -OCH3 is 1. The van der Waals surface area contributed by atoms with E-state index in [0.29, 0.717) is 25.2 Å². The minimum absolute atomic E-state index is 0.129. The molecule has 0 aromatic carbocycles. The average molecular weight is 513 g/mol. The number of hydrogen-bond donors (Lipinski definition) is 1. The summed E-state index contributed by atoms with van der Waals surface area (Å²) in [4.78, 5) is 12.6. The van der Waals surface area contributed by atoms with Crippen molar-refractivity contribution in [2.45, 2.75) is 108 Å². The van der Waals surface area contributed by atoms with E-state index in [1.54, 1.807) is 13.2 Å². The van der Waals surface area contributed by atoms with Gasteiger partial charge in [-0.1, -0.05) is 73.8 Å². The minimum Gasteiger partial charge on any atom is -0.449 e. The molecule has 1 aliphatic carbocycles. The third-order valence-corrected chi connectivity index (χ3v) is 7.15. The monoisotopic (exact) mass is 512 g/mol. The van der Waals surface area contributed by atoms with Gasteiger partial charge in [0.2, 0.25) is 0 Å². The van der Waals surface area contributed by atoms with Gasteiger partial charge >= 0.3 is 5.97 Å². The van der Waals surface area contributed by atoms with Crippen LogP contribution >= 0.6 is 0 Å². The number of allylic oxidation sites excluding steroid dienone is 1. The lowest BCUT2D eigenvalue weighted by molar-refractivity contribution is -0.145. The first-order chi connectivity index (χ1) is 18.0. The fraction of sp³-hybridized carbons (Fsp3) is 0.645. The molecule has 5 atom stereocenters. The van der Waals surface area contributed by atoms with Crippen LogP contribution in [0.2, 0.25) is 0 Å². The SMILES string of the molecule is C=C1CCC[C@@H]2CC=C[C@@H](CC#CC(=O)O[C@H]([C@@H](O)C=CC3CCCCC3)CC=C[C@@H](OCOC)C1)O2. The normalized spacial score (nSPS) is 29.7. The van der Waals surface area contributed by atoms with Crippen molar-refractivity contribution >= 4 is 5.97 Å². The molecule has 204 valence electrons. The first-order valence-corrected chi connectivity index (χ1v) is 13.8. The van der Waals surface area contributed by atoms with E-state index in [4.69, 9.17) is 18.9 Å². The standard InChI is InChI=1S/C31H44O6/c1-24-10-6-13-26-14-7-15-27(36-26)16-9-19-31(33)37-30(18-8-17-28(22-24)35-23-34-2)29(32)21-20-25-11-4-3-5-12-25/h7-8,15,17,20-21,25-30,32H,1,3-6,10-14,16,18,22-23H2,2H3/t26-,27+,28-,29+,30+/m1/s1. The van der Waals surface area contributed by atoms with E-state index in [1.807, 2.05) is 18.2 Å². The highest BCUT2D eigenvalue weighted by Gasteiger charge is 2.22. The van der Waals surface area contributed by atoms with Gasteiger partial charge in [0.25, 0.3) is 0 Å². The van der Waals surface area contributed by atoms with E-state index in [-0.39, 0.29) is 25.1 Å². The van der Waals surface area contributed by atoms with E-state index < -0.39 is 18.2 Å². The van der Waals surface area contributed by atoms with Gasteiger partial charge in [0.05, 0.1) is 18.3 Å². The molecule has 0 spiro atoms. The number of hydrogen-bond acceptors (Lipinski definition) is 6. The van der Waals surface area contributed by atoms with Gasteiger partial charge in [0, 0.05) is 25.9 Å². The zero-order valence-corrected chi connectivity index (χ0v) is 22.3. The Kier molecular flexibility index (Phi) is 13.2. The molecule has 2 heterocycles. The van der Waals surface area contributed by atoms with Crippen molar-refractivity contribution in [2.75, 3.05) is 13.9 Å². The van der Waals surface area contributed by atoms with Gasteiger partial charge in [-0.2, -0.15) is 0 Å². The number of aliphatic hydroxyl groups is 1. The molecule has 0 radical (unpaired) electrons. The Morgan fingerprint density at radius 2 is 1.97 bits per heavy atom. The molecule has 0 unspecified atom stereocenters. The first kappa shape index (κ1) is 29.4. The second-order valence-electron chi connectivity index (χ2n) is 10.3. The molecule has 0 amide bonds. The molecule has 1 fully saturated rings. The number of carbonyl (C=O) groups is 1. The lowest BCUT2D eigenvalue weighted by Gasteiger charge is -2.25. The summed E-state index contributed by atoms with van der Waals surface area (Å²) in [6.45, 7) is 4.43. The lowest BCUT2D eigenvalue weighted by Crippen LogP contribution is -2.29. The van der Waals surface area contributed by atoms with Gasteiger partial charge in [-0.3, -0.25) is 0 Å². The summed E-state index contributed by atoms with van der Waals surface area (Å²) in [5.41, 5.74) is 1.11. The summed E-state index contributed by atoms with van der Waals surface area (Å²) < 4.78 is 22.7. The molecule has 6 nitrogen and oxygen atoms in total. The second-order valence-corrected chi connectivity index (χ2v) is 10.3. The maximum absolute atomic E-state index is 12.6. The van der Waals surface area contributed by atoms with Crippen molar-refractivity contribution in [1.29, 1.82) is 0 Å². The van der Waals surface area contributed by atoms with Gasteiger partial charge in [-0.05, 0) is 50.9 Å². The zero-order valence-electron chi connectivity index (χ0n) is 22.3. The molecule has 37 heavy (non-hydrogen) atoms. The number of esters is 1. The van der Waals surface area contributed by atoms with Crippen LogP contribution in [0.1, 0.15) is 77.0 Å². The maximum atomic E-state index is 12.6. The molecule has 2 aliphatic heterocycles. The molecule has 1 N–H and O–H groups in total. The van der Waals surface area contributed by atoms with Gasteiger partial charge in [-0.15, -0.1) is 0 Å². The van der Waals surface area contributed by atoms with Gasteiger partial charge in [0.15, 0.2) is 0 Å². The van der Waals surface area contributed by atoms with Crippen molar-refractivity contribution < 1.29 is 28.8 Å². The molecule has 0 saturated heterocycles. The molecule has 1 saturated carbocycles. The van der Waals surface area contributed by atoms with Crippen LogP contribution in [0.5, 0.6) is 0 Å². The summed E-state index contributed by atoms with van der Waals surface area (Å²) in [6, 6.07) is 0. The predicted octanol–water partition coefficient (Wildman–Crippen LogP) is 5.57. The van der Waals surface area contributed by atoms with E-state index in [2.05, 4.69) is 30.6 Å². The third-order valence-electron chi connectivity index (χ3n) is 7.15. The smallest absolute Gasteiger partial charge is 0.384 e. The quantitative estimate of drug-likeness (QED) is 0.165. The summed E-state index contributed by atoms with van der Waals surface area (Å²) in [6.07, 6.45) is 21.2. The van der Waals surface area contributed by atoms with Crippen LogP contribution in [-0.2, 0) is 23.7 Å². The molecule has 3 rings (SSSR count). The van der Waals surface area contributed by atoms with Crippen LogP contribution in [0.3, 0.4) is 0 Å². The van der Waals surface area contributed by atoms with Crippen molar-refractivity contribution in [3.8, 4) is 11.8 Å². The molecule has 6 heteroatoms. The zero-order chi connectivity index (χ0) is 26.3. The number of rotatable bonds is 6. The van der Waals surface area contributed by atoms with Crippen molar-refractivity contribution in [3.05, 3.63) is 48.6 Å². The fourth-order valence-corrected chi connectivity index (χ4v) is 5.07. The third kappa shape index (κ3) is 11.4. The van der Waals surface area contributed by atoms with E-state index in [0.717, 1.165) is 44.1 Å². The van der Waals surface area contributed by atoms with Crippen LogP contribution in [0.15, 0.2) is 48.6 Å². The second kappa shape index (κ2) is 16.6. The average Bonchev–Trinajstić information content (AvgIpc) is 2.90. The van der Waals surface area contributed by atoms with Crippen molar-refractivity contribution in [2.24, 2.45) is 5.92 Å². The predicted molar refractivity (Wildman–Crippen MR) is 145 cm³/mol. The Balaban J connectivity index is 1.73. The maximum Gasteiger partial charge on any atom is 0.384 e. The summed E-state index contributed by atoms with van der Waals surface area (Å²) in [5.74, 6) is 5.33. The number of aliphatic hydroxyl groups excluding tert-OH is 1. The molecule has 0 aromatic rings. The van der Waals surface area contributed by atoms with Crippen LogP contribution < -0.4 is 0 Å². The molecular formula is C31H44O6. The Morgan fingerprint density at radius 1 is 1.16 bits per heavy atom. The van der Waals surface area contributed by atoms with Crippen molar-refractivity contribution in [1.82, 2.24) is 0 Å².